The van der Waals surface area contributed by atoms with Crippen molar-refractivity contribution in [2.45, 2.75) is 13.0 Å². The quantitative estimate of drug-likeness (QED) is 0.918. The minimum atomic E-state index is -0.316. The number of carbonyl (C=O) groups is 1. The van der Waals surface area contributed by atoms with Crippen molar-refractivity contribution in [2.75, 3.05) is 18.6 Å². The van der Waals surface area contributed by atoms with Crippen LogP contribution in [0.25, 0.3) is 0 Å². The molecule has 0 spiro atoms. The molecule has 0 unspecified atom stereocenters. The highest BCUT2D eigenvalue weighted by molar-refractivity contribution is 6.08. The Morgan fingerprint density at radius 1 is 1.41 bits per heavy atom. The third-order valence-electron chi connectivity index (χ3n) is 3.51. The number of pyridine rings is 1. The van der Waals surface area contributed by atoms with Crippen LogP contribution >= 0.6 is 0 Å². The molecule has 3 rings (SSSR count). The van der Waals surface area contributed by atoms with E-state index >= 15 is 0 Å². The number of H-pyrrole nitrogens is 1. The first-order chi connectivity index (χ1) is 10.6. The molecule has 0 aliphatic carbocycles. The maximum Gasteiger partial charge on any atom is 0.263 e. The average molecular weight is 300 g/mol. The Morgan fingerprint density at radius 2 is 2.18 bits per heavy atom. The van der Waals surface area contributed by atoms with Crippen molar-refractivity contribution in [1.29, 1.82) is 0 Å². The summed E-state index contributed by atoms with van der Waals surface area (Å²) in [5.41, 5.74) is 0.703. The molecule has 0 bridgehead atoms. The van der Waals surface area contributed by atoms with Gasteiger partial charge in [0.05, 0.1) is 24.9 Å². The van der Waals surface area contributed by atoms with E-state index < -0.39 is 0 Å². The SMILES string of the molecule is COc1cc(=O)[nH]cc1C(=O)N1C[C@H](C)Oc2ccccc21. The number of rotatable bonds is 2. The van der Waals surface area contributed by atoms with Crippen LogP contribution in [-0.2, 0) is 0 Å². The van der Waals surface area contributed by atoms with Gasteiger partial charge in [-0.05, 0) is 19.1 Å². The number of nitrogens with one attached hydrogen (secondary N) is 1. The molecule has 0 saturated carbocycles. The number of aromatic nitrogens is 1. The van der Waals surface area contributed by atoms with Gasteiger partial charge in [0.2, 0.25) is 0 Å². The van der Waals surface area contributed by atoms with Crippen LogP contribution in [0.5, 0.6) is 11.5 Å². The second kappa shape index (κ2) is 5.55. The smallest absolute Gasteiger partial charge is 0.263 e. The molecular weight excluding hydrogens is 284 g/mol. The zero-order valence-corrected chi connectivity index (χ0v) is 12.3. The Bertz CT molecular complexity index is 769. The highest BCUT2D eigenvalue weighted by atomic mass is 16.5. The van der Waals surface area contributed by atoms with Gasteiger partial charge in [0.25, 0.3) is 11.5 Å². The van der Waals surface area contributed by atoms with Gasteiger partial charge in [-0.1, -0.05) is 12.1 Å². The molecular formula is C16H16N2O4. The number of methoxy groups -OCH3 is 1. The van der Waals surface area contributed by atoms with E-state index in [-0.39, 0.29) is 23.3 Å². The fourth-order valence-electron chi connectivity index (χ4n) is 2.52. The van der Waals surface area contributed by atoms with Crippen molar-refractivity contribution in [3.8, 4) is 11.5 Å². The van der Waals surface area contributed by atoms with Crippen LogP contribution in [0, 0.1) is 0 Å². The van der Waals surface area contributed by atoms with E-state index in [0.29, 0.717) is 23.5 Å². The van der Waals surface area contributed by atoms with E-state index in [4.69, 9.17) is 9.47 Å². The molecule has 6 heteroatoms. The van der Waals surface area contributed by atoms with Crippen molar-refractivity contribution in [3.05, 3.63) is 52.4 Å². The molecule has 6 nitrogen and oxygen atoms in total. The summed E-state index contributed by atoms with van der Waals surface area (Å²) < 4.78 is 10.9. The Kier molecular flexibility index (Phi) is 3.58. The molecule has 0 radical (unpaired) electrons. The summed E-state index contributed by atoms with van der Waals surface area (Å²) in [6.45, 7) is 2.33. The number of anilines is 1. The molecule has 1 aliphatic rings. The Labute approximate surface area is 127 Å². The highest BCUT2D eigenvalue weighted by Gasteiger charge is 2.29. The second-order valence-electron chi connectivity index (χ2n) is 5.09. The van der Waals surface area contributed by atoms with Gasteiger partial charge in [-0.15, -0.1) is 0 Å². The number of para-hydroxylation sites is 2. The van der Waals surface area contributed by atoms with Crippen LogP contribution in [0.3, 0.4) is 0 Å². The van der Waals surface area contributed by atoms with E-state index in [1.54, 1.807) is 4.90 Å². The van der Waals surface area contributed by atoms with E-state index in [0.717, 1.165) is 0 Å². The number of benzene rings is 1. The first-order valence-corrected chi connectivity index (χ1v) is 6.94. The molecule has 1 atom stereocenters. The van der Waals surface area contributed by atoms with Crippen molar-refractivity contribution in [1.82, 2.24) is 4.98 Å². The molecule has 0 saturated heterocycles. The summed E-state index contributed by atoms with van der Waals surface area (Å²) in [6.07, 6.45) is 1.26. The van der Waals surface area contributed by atoms with E-state index in [1.807, 2.05) is 31.2 Å². The third-order valence-corrected chi connectivity index (χ3v) is 3.51. The van der Waals surface area contributed by atoms with Crippen molar-refractivity contribution in [2.24, 2.45) is 0 Å². The number of hydrogen-bond donors (Lipinski definition) is 1. The van der Waals surface area contributed by atoms with Gasteiger partial charge in [-0.3, -0.25) is 9.59 Å². The molecule has 1 aromatic carbocycles. The maximum atomic E-state index is 12.9. The van der Waals surface area contributed by atoms with Gasteiger partial charge in [0.15, 0.2) is 0 Å². The number of aromatic amines is 1. The van der Waals surface area contributed by atoms with Gasteiger partial charge in [0.1, 0.15) is 17.6 Å². The first-order valence-electron chi connectivity index (χ1n) is 6.94. The summed E-state index contributed by atoms with van der Waals surface area (Å²) in [5, 5.41) is 0. The lowest BCUT2D eigenvalue weighted by atomic mass is 10.1. The highest BCUT2D eigenvalue weighted by Crippen LogP contribution is 2.34. The lowest BCUT2D eigenvalue weighted by molar-refractivity contribution is 0.0957. The fraction of sp³-hybridized carbons (Fsp3) is 0.250. The van der Waals surface area contributed by atoms with Crippen LogP contribution in [0.2, 0.25) is 0 Å². The summed E-state index contributed by atoms with van der Waals surface area (Å²) in [5.74, 6) is 0.680. The number of amides is 1. The Morgan fingerprint density at radius 3 is 2.95 bits per heavy atom. The van der Waals surface area contributed by atoms with Crippen LogP contribution < -0.4 is 19.9 Å². The van der Waals surface area contributed by atoms with Crippen molar-refractivity contribution in [3.63, 3.8) is 0 Å². The molecule has 1 N–H and O–H groups in total. The Balaban J connectivity index is 2.04. The minimum Gasteiger partial charge on any atom is -0.496 e. The lowest BCUT2D eigenvalue weighted by Crippen LogP contribution is -2.42. The van der Waals surface area contributed by atoms with Gasteiger partial charge in [-0.2, -0.15) is 0 Å². The normalized spacial score (nSPS) is 16.6. The summed E-state index contributed by atoms with van der Waals surface area (Å²) in [7, 11) is 1.43. The van der Waals surface area contributed by atoms with Crippen LogP contribution in [0.1, 0.15) is 17.3 Å². The van der Waals surface area contributed by atoms with Crippen LogP contribution in [0.4, 0.5) is 5.69 Å². The molecule has 1 aromatic heterocycles. The predicted molar refractivity (Wildman–Crippen MR) is 81.8 cm³/mol. The monoisotopic (exact) mass is 300 g/mol. The molecule has 0 fully saturated rings. The van der Waals surface area contributed by atoms with Crippen molar-refractivity contribution >= 4 is 11.6 Å². The molecule has 114 valence electrons. The van der Waals surface area contributed by atoms with E-state index in [1.165, 1.54) is 19.4 Å². The molecule has 2 heterocycles. The minimum absolute atomic E-state index is 0.118. The van der Waals surface area contributed by atoms with Crippen molar-refractivity contribution < 1.29 is 14.3 Å². The summed E-state index contributed by atoms with van der Waals surface area (Å²) in [6, 6.07) is 8.64. The zero-order chi connectivity index (χ0) is 15.7. The van der Waals surface area contributed by atoms with Crippen LogP contribution in [-0.4, -0.2) is 30.6 Å². The van der Waals surface area contributed by atoms with E-state index in [9.17, 15) is 9.59 Å². The Hall–Kier alpha value is -2.76. The average Bonchev–Trinajstić information content (AvgIpc) is 2.53. The number of hydrogen-bond acceptors (Lipinski definition) is 4. The van der Waals surface area contributed by atoms with Gasteiger partial charge in [0, 0.05) is 12.3 Å². The van der Waals surface area contributed by atoms with Gasteiger partial charge < -0.3 is 19.4 Å². The standard InChI is InChI=1S/C16H16N2O4/c1-10-9-18(12-5-3-4-6-13(12)22-10)16(20)11-8-17-15(19)7-14(11)21-2/h3-8,10H,9H2,1-2H3,(H,17,19)/t10-/m0/s1. The second-order valence-corrected chi connectivity index (χ2v) is 5.09. The number of ether oxygens (including phenoxy) is 2. The first kappa shape index (κ1) is 14.2. The molecule has 2 aromatic rings. The fourth-order valence-corrected chi connectivity index (χ4v) is 2.52. The number of nitrogens with zero attached hydrogens (tertiary/aromatic N) is 1. The summed E-state index contributed by atoms with van der Waals surface area (Å²) in [4.78, 5) is 28.4. The lowest BCUT2D eigenvalue weighted by Gasteiger charge is -2.33. The molecule has 22 heavy (non-hydrogen) atoms. The largest absolute Gasteiger partial charge is 0.496 e. The van der Waals surface area contributed by atoms with Crippen LogP contribution in [0.15, 0.2) is 41.3 Å². The molecule has 1 aliphatic heterocycles. The topological polar surface area (TPSA) is 71.6 Å². The zero-order valence-electron chi connectivity index (χ0n) is 12.3. The number of carbonyl (C=O) groups excluding carboxylic acids is 1. The third kappa shape index (κ3) is 2.43. The van der Waals surface area contributed by atoms with Gasteiger partial charge in [-0.25, -0.2) is 0 Å². The maximum absolute atomic E-state index is 12.9. The number of fused-ring (bicyclic) bond motifs is 1. The summed E-state index contributed by atoms with van der Waals surface area (Å²) >= 11 is 0. The van der Waals surface area contributed by atoms with E-state index in [2.05, 4.69) is 4.98 Å². The predicted octanol–water partition coefficient (Wildman–Crippen LogP) is 1.81. The van der Waals surface area contributed by atoms with Gasteiger partial charge >= 0.3 is 0 Å². The molecule has 1 amide bonds.